The lowest BCUT2D eigenvalue weighted by atomic mass is 10.2. The molecule has 0 spiro atoms. The second kappa shape index (κ2) is 5.21. The van der Waals surface area contributed by atoms with Crippen molar-refractivity contribution >= 4 is 5.91 Å². The molecular formula is C11H8F3NO. The number of hydrogen-bond acceptors (Lipinski definition) is 1. The molecule has 0 unspecified atom stereocenters. The molecule has 1 N–H and O–H groups in total. The highest BCUT2D eigenvalue weighted by Gasteiger charge is 2.08. The fraction of sp³-hybridized carbons (Fsp3) is 0.182. The minimum absolute atomic E-state index is 0.00704. The van der Waals surface area contributed by atoms with Gasteiger partial charge in [0.15, 0.2) is 11.6 Å². The van der Waals surface area contributed by atoms with Crippen LogP contribution >= 0.6 is 0 Å². The van der Waals surface area contributed by atoms with Crippen LogP contribution in [0.1, 0.15) is 12.5 Å². The van der Waals surface area contributed by atoms with Crippen LogP contribution in [0, 0.1) is 29.3 Å². The number of carbonyl (C=O) groups excluding carboxylic acids is 1. The molecule has 1 amide bonds. The molecule has 0 fully saturated rings. The molecule has 0 bridgehead atoms. The number of benzene rings is 1. The van der Waals surface area contributed by atoms with Crippen molar-refractivity contribution in [2.24, 2.45) is 0 Å². The average molecular weight is 227 g/mol. The zero-order valence-electron chi connectivity index (χ0n) is 8.40. The van der Waals surface area contributed by atoms with Crippen molar-refractivity contribution in [2.45, 2.75) is 6.92 Å². The van der Waals surface area contributed by atoms with Crippen LogP contribution in [0.25, 0.3) is 0 Å². The third kappa shape index (κ3) is 3.31. The van der Waals surface area contributed by atoms with E-state index in [0.717, 1.165) is 6.07 Å². The van der Waals surface area contributed by atoms with E-state index in [2.05, 4.69) is 17.2 Å². The van der Waals surface area contributed by atoms with Gasteiger partial charge in [0.1, 0.15) is 5.82 Å². The van der Waals surface area contributed by atoms with E-state index in [-0.39, 0.29) is 18.0 Å². The van der Waals surface area contributed by atoms with E-state index < -0.39 is 17.5 Å². The van der Waals surface area contributed by atoms with Gasteiger partial charge in [-0.1, -0.05) is 11.8 Å². The Morgan fingerprint density at radius 1 is 1.38 bits per heavy atom. The maximum Gasteiger partial charge on any atom is 0.217 e. The molecule has 2 nitrogen and oxygen atoms in total. The monoisotopic (exact) mass is 227 g/mol. The fourth-order valence-corrected chi connectivity index (χ4v) is 0.955. The predicted octanol–water partition coefficient (Wildman–Crippen LogP) is 1.59. The van der Waals surface area contributed by atoms with Crippen molar-refractivity contribution in [3.63, 3.8) is 0 Å². The third-order valence-electron chi connectivity index (χ3n) is 1.64. The lowest BCUT2D eigenvalue weighted by Crippen LogP contribution is -2.19. The zero-order valence-corrected chi connectivity index (χ0v) is 8.40. The molecule has 1 aromatic carbocycles. The van der Waals surface area contributed by atoms with E-state index in [1.807, 2.05) is 0 Å². The van der Waals surface area contributed by atoms with Crippen molar-refractivity contribution in [1.82, 2.24) is 5.32 Å². The summed E-state index contributed by atoms with van der Waals surface area (Å²) in [5, 5.41) is 2.34. The molecule has 0 heterocycles. The molecule has 0 aliphatic rings. The second-order valence-electron chi connectivity index (χ2n) is 2.96. The highest BCUT2D eigenvalue weighted by Crippen LogP contribution is 2.12. The molecule has 5 heteroatoms. The first-order valence-electron chi connectivity index (χ1n) is 4.38. The van der Waals surface area contributed by atoms with Crippen LogP contribution in [0.3, 0.4) is 0 Å². The Labute approximate surface area is 90.5 Å². The van der Waals surface area contributed by atoms with Gasteiger partial charge in [-0.25, -0.2) is 13.2 Å². The first-order valence-corrected chi connectivity index (χ1v) is 4.38. The van der Waals surface area contributed by atoms with E-state index in [4.69, 9.17) is 0 Å². The van der Waals surface area contributed by atoms with Gasteiger partial charge in [0.2, 0.25) is 5.91 Å². The Balaban J connectivity index is 2.84. The van der Waals surface area contributed by atoms with E-state index in [1.165, 1.54) is 6.92 Å². The molecule has 1 aromatic rings. The molecular weight excluding hydrogens is 219 g/mol. The summed E-state index contributed by atoms with van der Waals surface area (Å²) in [5.41, 5.74) is -0.372. The van der Waals surface area contributed by atoms with E-state index in [0.29, 0.717) is 6.07 Å². The Bertz CT molecular complexity index is 474. The SMILES string of the molecule is CC(=O)NCC#Cc1cc(F)cc(F)c1F. The van der Waals surface area contributed by atoms with E-state index >= 15 is 0 Å². The number of carbonyl (C=O) groups is 1. The highest BCUT2D eigenvalue weighted by atomic mass is 19.2. The van der Waals surface area contributed by atoms with Crippen LogP contribution in [0.15, 0.2) is 12.1 Å². The van der Waals surface area contributed by atoms with Gasteiger partial charge in [-0.3, -0.25) is 4.79 Å². The zero-order chi connectivity index (χ0) is 12.1. The number of rotatable bonds is 1. The van der Waals surface area contributed by atoms with E-state index in [1.54, 1.807) is 0 Å². The van der Waals surface area contributed by atoms with Crippen LogP contribution in [0.2, 0.25) is 0 Å². The van der Waals surface area contributed by atoms with Gasteiger partial charge in [0.05, 0.1) is 12.1 Å². The first kappa shape index (κ1) is 12.1. The summed E-state index contributed by atoms with van der Waals surface area (Å²) in [5.74, 6) is 0.926. The van der Waals surface area contributed by atoms with Gasteiger partial charge in [-0.15, -0.1) is 0 Å². The normalized spacial score (nSPS) is 9.25. The molecule has 0 aromatic heterocycles. The maximum atomic E-state index is 13.0. The summed E-state index contributed by atoms with van der Waals surface area (Å²) in [4.78, 5) is 10.5. The van der Waals surface area contributed by atoms with E-state index in [9.17, 15) is 18.0 Å². The maximum absolute atomic E-state index is 13.0. The predicted molar refractivity (Wildman–Crippen MR) is 51.9 cm³/mol. The van der Waals surface area contributed by atoms with Crippen molar-refractivity contribution in [3.05, 3.63) is 35.1 Å². The van der Waals surface area contributed by atoms with Crippen LogP contribution < -0.4 is 5.32 Å². The molecule has 0 radical (unpaired) electrons. The number of hydrogen-bond donors (Lipinski definition) is 1. The average Bonchev–Trinajstić information content (AvgIpc) is 2.19. The Kier molecular flexibility index (Phi) is 3.95. The van der Waals surface area contributed by atoms with Crippen molar-refractivity contribution in [1.29, 1.82) is 0 Å². The first-order chi connectivity index (χ1) is 7.50. The lowest BCUT2D eigenvalue weighted by Gasteiger charge is -1.97. The number of amides is 1. The largest absolute Gasteiger partial charge is 0.345 e. The Hall–Kier alpha value is -1.96. The van der Waals surface area contributed by atoms with Crippen molar-refractivity contribution < 1.29 is 18.0 Å². The quantitative estimate of drug-likeness (QED) is 0.573. The minimum atomic E-state index is -1.29. The summed E-state index contributed by atoms with van der Waals surface area (Å²) in [6, 6.07) is 1.23. The molecule has 1 rings (SSSR count). The van der Waals surface area contributed by atoms with Crippen LogP contribution in [0.4, 0.5) is 13.2 Å². The highest BCUT2D eigenvalue weighted by molar-refractivity contribution is 5.73. The summed E-state index contributed by atoms with van der Waals surface area (Å²) in [6.45, 7) is 1.29. The molecule has 0 saturated heterocycles. The van der Waals surface area contributed by atoms with Gasteiger partial charge in [-0.05, 0) is 6.07 Å². The van der Waals surface area contributed by atoms with Crippen molar-refractivity contribution in [3.8, 4) is 11.8 Å². The Morgan fingerprint density at radius 3 is 2.69 bits per heavy atom. The topological polar surface area (TPSA) is 29.1 Å². The summed E-state index contributed by atoms with van der Waals surface area (Å²) in [6.07, 6.45) is 0. The van der Waals surface area contributed by atoms with Crippen LogP contribution in [-0.4, -0.2) is 12.5 Å². The third-order valence-corrected chi connectivity index (χ3v) is 1.64. The van der Waals surface area contributed by atoms with Crippen LogP contribution in [0.5, 0.6) is 0 Å². The molecule has 16 heavy (non-hydrogen) atoms. The molecule has 84 valence electrons. The van der Waals surface area contributed by atoms with Gasteiger partial charge in [-0.2, -0.15) is 0 Å². The molecule has 0 aliphatic heterocycles. The summed E-state index contributed by atoms with van der Waals surface area (Å²) in [7, 11) is 0. The van der Waals surface area contributed by atoms with Crippen molar-refractivity contribution in [2.75, 3.05) is 6.54 Å². The van der Waals surface area contributed by atoms with Gasteiger partial charge in [0.25, 0.3) is 0 Å². The standard InChI is InChI=1S/C11H8F3NO/c1-7(16)15-4-2-3-8-5-9(12)6-10(13)11(8)14/h5-6H,4H2,1H3,(H,15,16). The molecule has 0 aliphatic carbocycles. The second-order valence-corrected chi connectivity index (χ2v) is 2.96. The fourth-order valence-electron chi connectivity index (χ4n) is 0.955. The number of nitrogens with one attached hydrogen (secondary N) is 1. The lowest BCUT2D eigenvalue weighted by molar-refractivity contribution is -0.118. The van der Waals surface area contributed by atoms with Gasteiger partial charge < -0.3 is 5.32 Å². The summed E-state index contributed by atoms with van der Waals surface area (Å²) < 4.78 is 38.5. The van der Waals surface area contributed by atoms with Crippen LogP contribution in [-0.2, 0) is 4.79 Å². The smallest absolute Gasteiger partial charge is 0.217 e. The Morgan fingerprint density at radius 2 is 2.06 bits per heavy atom. The molecule has 0 atom stereocenters. The minimum Gasteiger partial charge on any atom is -0.345 e. The van der Waals surface area contributed by atoms with Gasteiger partial charge in [0, 0.05) is 13.0 Å². The molecule has 0 saturated carbocycles. The van der Waals surface area contributed by atoms with Gasteiger partial charge >= 0.3 is 0 Å². The number of halogens is 3. The summed E-state index contributed by atoms with van der Waals surface area (Å²) >= 11 is 0.